The zero-order chi connectivity index (χ0) is 20.1. The fourth-order valence-corrected chi connectivity index (χ4v) is 5.51. The first-order valence-corrected chi connectivity index (χ1v) is 11.9. The molecular formula is C21H25BrN2O3S. The first-order valence-electron chi connectivity index (χ1n) is 9.50. The van der Waals surface area contributed by atoms with Crippen LogP contribution in [0.2, 0.25) is 0 Å². The number of aryl methyl sites for hydroxylation is 1. The number of piperidine rings is 1. The number of benzene rings is 2. The number of nitrogens with one attached hydrogen (secondary N) is 1. The molecule has 1 saturated heterocycles. The SMILES string of the molecule is CCc1ccccc1NC(=O)C1CCN(S(=O)(=O)Cc2cccc(Br)c2)CC1. The number of carbonyl (C=O) groups excluding carboxylic acids is 1. The van der Waals surface area contributed by atoms with Gasteiger partial charge in [-0.2, -0.15) is 0 Å². The molecule has 0 radical (unpaired) electrons. The smallest absolute Gasteiger partial charge is 0.227 e. The van der Waals surface area contributed by atoms with Crippen LogP contribution in [0.5, 0.6) is 0 Å². The van der Waals surface area contributed by atoms with Crippen molar-refractivity contribution in [3.63, 3.8) is 0 Å². The van der Waals surface area contributed by atoms with E-state index in [2.05, 4.69) is 28.2 Å². The van der Waals surface area contributed by atoms with E-state index in [0.29, 0.717) is 25.9 Å². The molecule has 150 valence electrons. The van der Waals surface area contributed by atoms with Gasteiger partial charge < -0.3 is 5.32 Å². The van der Waals surface area contributed by atoms with Crippen molar-refractivity contribution >= 4 is 37.5 Å². The van der Waals surface area contributed by atoms with Crippen LogP contribution in [0.3, 0.4) is 0 Å². The van der Waals surface area contributed by atoms with Crippen LogP contribution in [0.15, 0.2) is 53.0 Å². The molecule has 0 bridgehead atoms. The van der Waals surface area contributed by atoms with Crippen LogP contribution in [0.25, 0.3) is 0 Å². The first kappa shape index (κ1) is 21.0. The van der Waals surface area contributed by atoms with Crippen LogP contribution >= 0.6 is 15.9 Å². The molecule has 0 aromatic heterocycles. The van der Waals surface area contributed by atoms with E-state index in [-0.39, 0.29) is 17.6 Å². The van der Waals surface area contributed by atoms with Crippen LogP contribution in [-0.4, -0.2) is 31.7 Å². The lowest BCUT2D eigenvalue weighted by Gasteiger charge is -2.30. The number of nitrogens with zero attached hydrogens (tertiary/aromatic N) is 1. The summed E-state index contributed by atoms with van der Waals surface area (Å²) in [5.74, 6) is -0.208. The molecule has 2 aromatic rings. The lowest BCUT2D eigenvalue weighted by atomic mass is 9.97. The number of carbonyl (C=O) groups is 1. The van der Waals surface area contributed by atoms with Crippen molar-refractivity contribution in [2.45, 2.75) is 31.9 Å². The maximum absolute atomic E-state index is 12.7. The number of para-hydroxylation sites is 1. The summed E-state index contributed by atoms with van der Waals surface area (Å²) in [7, 11) is -3.39. The molecule has 1 aliphatic heterocycles. The van der Waals surface area contributed by atoms with Crippen LogP contribution in [-0.2, 0) is 27.0 Å². The molecule has 1 N–H and O–H groups in total. The second-order valence-electron chi connectivity index (χ2n) is 7.06. The minimum Gasteiger partial charge on any atom is -0.326 e. The molecule has 1 heterocycles. The first-order chi connectivity index (χ1) is 13.4. The van der Waals surface area contributed by atoms with Gasteiger partial charge in [0.25, 0.3) is 0 Å². The van der Waals surface area contributed by atoms with E-state index in [9.17, 15) is 13.2 Å². The lowest BCUT2D eigenvalue weighted by Crippen LogP contribution is -2.41. The molecule has 5 nitrogen and oxygen atoms in total. The van der Waals surface area contributed by atoms with Gasteiger partial charge in [0.15, 0.2) is 0 Å². The molecule has 0 atom stereocenters. The Morgan fingerprint density at radius 1 is 1.14 bits per heavy atom. The topological polar surface area (TPSA) is 66.5 Å². The van der Waals surface area contributed by atoms with Crippen molar-refractivity contribution in [1.29, 1.82) is 0 Å². The standard InChI is InChI=1S/C21H25BrN2O3S/c1-2-17-7-3-4-9-20(17)23-21(25)18-10-12-24(13-11-18)28(26,27)15-16-6-5-8-19(22)14-16/h3-9,14,18H,2,10-13,15H2,1H3,(H,23,25). The summed E-state index contributed by atoms with van der Waals surface area (Å²) in [4.78, 5) is 12.6. The summed E-state index contributed by atoms with van der Waals surface area (Å²) in [6.45, 7) is 2.81. The summed E-state index contributed by atoms with van der Waals surface area (Å²) >= 11 is 3.37. The Hall–Kier alpha value is -1.70. The Morgan fingerprint density at radius 3 is 2.54 bits per heavy atom. The third kappa shape index (κ3) is 5.21. The maximum atomic E-state index is 12.7. The Balaban J connectivity index is 1.58. The van der Waals surface area contributed by atoms with E-state index in [4.69, 9.17) is 0 Å². The third-order valence-electron chi connectivity index (χ3n) is 5.11. The molecule has 3 rings (SSSR count). The Bertz CT molecular complexity index is 938. The van der Waals surface area contributed by atoms with Crippen molar-refractivity contribution in [2.24, 2.45) is 5.92 Å². The summed E-state index contributed by atoms with van der Waals surface area (Å²) < 4.78 is 27.8. The Morgan fingerprint density at radius 2 is 1.86 bits per heavy atom. The van der Waals surface area contributed by atoms with Crippen LogP contribution in [0.1, 0.15) is 30.9 Å². The quantitative estimate of drug-likeness (QED) is 0.696. The highest BCUT2D eigenvalue weighted by molar-refractivity contribution is 9.10. The van der Waals surface area contributed by atoms with E-state index >= 15 is 0 Å². The van der Waals surface area contributed by atoms with Gasteiger partial charge in [-0.25, -0.2) is 12.7 Å². The highest BCUT2D eigenvalue weighted by Gasteiger charge is 2.31. The van der Waals surface area contributed by atoms with Crippen molar-refractivity contribution in [2.75, 3.05) is 18.4 Å². The van der Waals surface area contributed by atoms with Crippen molar-refractivity contribution < 1.29 is 13.2 Å². The van der Waals surface area contributed by atoms with Crippen LogP contribution in [0, 0.1) is 5.92 Å². The fourth-order valence-electron chi connectivity index (χ4n) is 3.51. The molecule has 1 aliphatic rings. The van der Waals surface area contributed by atoms with Gasteiger partial charge in [0.05, 0.1) is 5.75 Å². The van der Waals surface area contributed by atoms with Crippen molar-refractivity contribution in [1.82, 2.24) is 4.31 Å². The van der Waals surface area contributed by atoms with E-state index in [0.717, 1.165) is 27.7 Å². The summed E-state index contributed by atoms with van der Waals surface area (Å²) in [5, 5.41) is 3.02. The van der Waals surface area contributed by atoms with Crippen LogP contribution < -0.4 is 5.32 Å². The van der Waals surface area contributed by atoms with E-state index in [1.54, 1.807) is 0 Å². The van der Waals surface area contributed by atoms with Gasteiger partial charge in [0.1, 0.15) is 0 Å². The third-order valence-corrected chi connectivity index (χ3v) is 7.46. The summed E-state index contributed by atoms with van der Waals surface area (Å²) in [6.07, 6.45) is 1.93. The lowest BCUT2D eigenvalue weighted by molar-refractivity contribution is -0.120. The summed E-state index contributed by atoms with van der Waals surface area (Å²) in [5.41, 5.74) is 2.70. The molecular weight excluding hydrogens is 440 g/mol. The molecule has 28 heavy (non-hydrogen) atoms. The molecule has 1 fully saturated rings. The average molecular weight is 465 g/mol. The molecule has 0 unspecified atom stereocenters. The number of rotatable bonds is 6. The molecule has 0 spiro atoms. The molecule has 0 saturated carbocycles. The van der Waals surface area contributed by atoms with Crippen molar-refractivity contribution in [3.05, 3.63) is 64.1 Å². The van der Waals surface area contributed by atoms with E-state index < -0.39 is 10.0 Å². The fraction of sp³-hybridized carbons (Fsp3) is 0.381. The molecule has 2 aromatic carbocycles. The van der Waals surface area contributed by atoms with Gasteiger partial charge in [-0.3, -0.25) is 4.79 Å². The molecule has 7 heteroatoms. The molecule has 1 amide bonds. The number of sulfonamides is 1. The van der Waals surface area contributed by atoms with Crippen LogP contribution in [0.4, 0.5) is 5.69 Å². The Kier molecular flexibility index (Phi) is 6.91. The number of halogens is 1. The zero-order valence-electron chi connectivity index (χ0n) is 15.9. The maximum Gasteiger partial charge on any atom is 0.227 e. The highest BCUT2D eigenvalue weighted by Crippen LogP contribution is 2.25. The Labute approximate surface area is 175 Å². The van der Waals surface area contributed by atoms with Gasteiger partial charge in [0.2, 0.25) is 15.9 Å². The average Bonchev–Trinajstić information content (AvgIpc) is 2.68. The number of hydrogen-bond acceptors (Lipinski definition) is 3. The minimum atomic E-state index is -3.39. The second-order valence-corrected chi connectivity index (χ2v) is 9.94. The van der Waals surface area contributed by atoms with Gasteiger partial charge in [-0.15, -0.1) is 0 Å². The highest BCUT2D eigenvalue weighted by atomic mass is 79.9. The second kappa shape index (κ2) is 9.20. The van der Waals surface area contributed by atoms with Gasteiger partial charge in [-0.05, 0) is 48.6 Å². The van der Waals surface area contributed by atoms with Crippen molar-refractivity contribution in [3.8, 4) is 0 Å². The number of amides is 1. The van der Waals surface area contributed by atoms with Gasteiger partial charge >= 0.3 is 0 Å². The number of anilines is 1. The van der Waals surface area contributed by atoms with Gasteiger partial charge in [-0.1, -0.05) is 53.2 Å². The largest absolute Gasteiger partial charge is 0.326 e. The predicted octanol–water partition coefficient (Wildman–Crippen LogP) is 4.19. The normalized spacial score (nSPS) is 16.1. The monoisotopic (exact) mass is 464 g/mol. The summed E-state index contributed by atoms with van der Waals surface area (Å²) in [6, 6.07) is 15.1. The minimum absolute atomic E-state index is 0.0207. The molecule has 0 aliphatic carbocycles. The van der Waals surface area contributed by atoms with E-state index in [1.807, 2.05) is 48.5 Å². The van der Waals surface area contributed by atoms with Gasteiger partial charge in [0, 0.05) is 29.2 Å². The van der Waals surface area contributed by atoms with E-state index in [1.165, 1.54) is 4.31 Å². The number of hydrogen-bond donors (Lipinski definition) is 1. The predicted molar refractivity (Wildman–Crippen MR) is 116 cm³/mol. The zero-order valence-corrected chi connectivity index (χ0v) is 18.3.